The summed E-state index contributed by atoms with van der Waals surface area (Å²) >= 11 is 2.01. The van der Waals surface area contributed by atoms with Gasteiger partial charge in [-0.15, -0.1) is 0 Å². The highest BCUT2D eigenvalue weighted by atomic mass is 32.2. The van der Waals surface area contributed by atoms with Gasteiger partial charge in [0.05, 0.1) is 6.26 Å². The van der Waals surface area contributed by atoms with Crippen molar-refractivity contribution in [1.82, 2.24) is 0 Å². The van der Waals surface area contributed by atoms with Crippen LogP contribution in [-0.4, -0.2) is 17.8 Å². The molecule has 0 bridgehead atoms. The SMILES string of the molecule is O=Cc1cc(C2CCSCC2)co1. The van der Waals surface area contributed by atoms with E-state index in [-0.39, 0.29) is 0 Å². The number of carbonyl (C=O) groups is 1. The van der Waals surface area contributed by atoms with E-state index in [4.69, 9.17) is 4.42 Å². The number of hydrogen-bond donors (Lipinski definition) is 0. The van der Waals surface area contributed by atoms with Crippen molar-refractivity contribution in [2.75, 3.05) is 11.5 Å². The molecule has 0 aromatic carbocycles. The molecule has 1 aromatic heterocycles. The Kier molecular flexibility index (Phi) is 2.74. The lowest BCUT2D eigenvalue weighted by molar-refractivity contribution is 0.110. The Bertz CT molecular complexity index is 287. The molecule has 1 aliphatic rings. The minimum Gasteiger partial charge on any atom is -0.461 e. The van der Waals surface area contributed by atoms with Gasteiger partial charge in [-0.05, 0) is 41.9 Å². The Balaban J connectivity index is 2.09. The Morgan fingerprint density at radius 1 is 1.46 bits per heavy atom. The van der Waals surface area contributed by atoms with Crippen molar-refractivity contribution in [1.29, 1.82) is 0 Å². The van der Waals surface area contributed by atoms with E-state index < -0.39 is 0 Å². The molecular formula is C10H12O2S. The molecule has 0 saturated carbocycles. The largest absolute Gasteiger partial charge is 0.461 e. The molecule has 13 heavy (non-hydrogen) atoms. The molecule has 0 amide bonds. The van der Waals surface area contributed by atoms with Gasteiger partial charge in [-0.3, -0.25) is 4.79 Å². The van der Waals surface area contributed by atoms with E-state index in [1.807, 2.05) is 17.8 Å². The fourth-order valence-corrected chi connectivity index (χ4v) is 2.78. The van der Waals surface area contributed by atoms with E-state index in [1.165, 1.54) is 29.9 Å². The van der Waals surface area contributed by atoms with Crippen molar-refractivity contribution >= 4 is 18.0 Å². The first-order valence-electron chi connectivity index (χ1n) is 4.51. The summed E-state index contributed by atoms with van der Waals surface area (Å²) in [7, 11) is 0. The smallest absolute Gasteiger partial charge is 0.185 e. The van der Waals surface area contributed by atoms with Crippen molar-refractivity contribution in [3.63, 3.8) is 0 Å². The Labute approximate surface area is 81.7 Å². The second-order valence-electron chi connectivity index (χ2n) is 3.29. The lowest BCUT2D eigenvalue weighted by Gasteiger charge is -2.19. The lowest BCUT2D eigenvalue weighted by atomic mass is 9.96. The van der Waals surface area contributed by atoms with Gasteiger partial charge in [0.15, 0.2) is 12.0 Å². The maximum absolute atomic E-state index is 10.4. The number of hydrogen-bond acceptors (Lipinski definition) is 3. The van der Waals surface area contributed by atoms with Crippen LogP contribution in [0.5, 0.6) is 0 Å². The van der Waals surface area contributed by atoms with Gasteiger partial charge in [0.2, 0.25) is 0 Å². The molecule has 0 aliphatic carbocycles. The average molecular weight is 196 g/mol. The van der Waals surface area contributed by atoms with E-state index >= 15 is 0 Å². The number of carbonyl (C=O) groups excluding carboxylic acids is 1. The molecule has 70 valence electrons. The maximum Gasteiger partial charge on any atom is 0.185 e. The fourth-order valence-electron chi connectivity index (χ4n) is 1.68. The first-order valence-corrected chi connectivity index (χ1v) is 5.67. The topological polar surface area (TPSA) is 30.2 Å². The van der Waals surface area contributed by atoms with E-state index in [0.29, 0.717) is 11.7 Å². The molecule has 0 spiro atoms. The van der Waals surface area contributed by atoms with Crippen LogP contribution in [0, 0.1) is 0 Å². The zero-order valence-corrected chi connectivity index (χ0v) is 8.18. The molecular weight excluding hydrogens is 184 g/mol. The molecule has 3 heteroatoms. The number of furan rings is 1. The Morgan fingerprint density at radius 2 is 2.23 bits per heavy atom. The fraction of sp³-hybridized carbons (Fsp3) is 0.500. The molecule has 1 saturated heterocycles. The highest BCUT2D eigenvalue weighted by Gasteiger charge is 2.17. The van der Waals surface area contributed by atoms with Crippen molar-refractivity contribution in [3.8, 4) is 0 Å². The first-order chi connectivity index (χ1) is 6.40. The monoisotopic (exact) mass is 196 g/mol. The van der Waals surface area contributed by atoms with Crippen LogP contribution >= 0.6 is 11.8 Å². The molecule has 1 aromatic rings. The van der Waals surface area contributed by atoms with E-state index in [9.17, 15) is 4.79 Å². The molecule has 0 N–H and O–H groups in total. The predicted octanol–water partition coefficient (Wildman–Crippen LogP) is 2.70. The highest BCUT2D eigenvalue weighted by Crippen LogP contribution is 2.32. The van der Waals surface area contributed by atoms with Crippen LogP contribution in [0.25, 0.3) is 0 Å². The van der Waals surface area contributed by atoms with Gasteiger partial charge in [0.25, 0.3) is 0 Å². The summed E-state index contributed by atoms with van der Waals surface area (Å²) in [5.74, 6) is 3.52. The summed E-state index contributed by atoms with van der Waals surface area (Å²) in [5, 5.41) is 0. The molecule has 0 radical (unpaired) electrons. The third kappa shape index (κ3) is 1.97. The maximum atomic E-state index is 10.4. The van der Waals surface area contributed by atoms with Crippen LogP contribution in [0.1, 0.15) is 34.9 Å². The number of thioether (sulfide) groups is 1. The Hall–Kier alpha value is -0.700. The average Bonchev–Trinajstić information content (AvgIpc) is 2.67. The van der Waals surface area contributed by atoms with Gasteiger partial charge >= 0.3 is 0 Å². The van der Waals surface area contributed by atoms with Gasteiger partial charge in [-0.25, -0.2) is 0 Å². The van der Waals surface area contributed by atoms with Gasteiger partial charge in [-0.1, -0.05) is 0 Å². The molecule has 0 atom stereocenters. The molecule has 0 unspecified atom stereocenters. The quantitative estimate of drug-likeness (QED) is 0.681. The zero-order valence-electron chi connectivity index (χ0n) is 7.36. The number of aldehydes is 1. The summed E-state index contributed by atoms with van der Waals surface area (Å²) in [6.45, 7) is 0. The van der Waals surface area contributed by atoms with E-state index in [2.05, 4.69) is 0 Å². The number of rotatable bonds is 2. The van der Waals surface area contributed by atoms with Crippen LogP contribution in [0.15, 0.2) is 16.7 Å². The second-order valence-corrected chi connectivity index (χ2v) is 4.51. The summed E-state index contributed by atoms with van der Waals surface area (Å²) in [6, 6.07) is 1.87. The summed E-state index contributed by atoms with van der Waals surface area (Å²) in [6.07, 6.45) is 4.91. The predicted molar refractivity (Wildman–Crippen MR) is 53.4 cm³/mol. The second kappa shape index (κ2) is 4.01. The van der Waals surface area contributed by atoms with E-state index in [1.54, 1.807) is 6.26 Å². The molecule has 2 rings (SSSR count). The van der Waals surface area contributed by atoms with Gasteiger partial charge in [0.1, 0.15) is 0 Å². The zero-order chi connectivity index (χ0) is 9.10. The van der Waals surface area contributed by atoms with Gasteiger partial charge in [-0.2, -0.15) is 11.8 Å². The van der Waals surface area contributed by atoms with Crippen LogP contribution < -0.4 is 0 Å². The molecule has 2 heterocycles. The summed E-state index contributed by atoms with van der Waals surface area (Å²) in [5.41, 5.74) is 1.20. The normalized spacial score (nSPS) is 18.8. The van der Waals surface area contributed by atoms with Crippen molar-refractivity contribution in [2.24, 2.45) is 0 Å². The van der Waals surface area contributed by atoms with Crippen LogP contribution in [0.4, 0.5) is 0 Å². The van der Waals surface area contributed by atoms with Crippen LogP contribution in [0.3, 0.4) is 0 Å². The van der Waals surface area contributed by atoms with Gasteiger partial charge < -0.3 is 4.42 Å². The third-order valence-corrected chi connectivity index (χ3v) is 3.50. The minimum atomic E-state index is 0.452. The Morgan fingerprint density at radius 3 is 2.85 bits per heavy atom. The highest BCUT2D eigenvalue weighted by molar-refractivity contribution is 7.99. The molecule has 1 aliphatic heterocycles. The van der Waals surface area contributed by atoms with Crippen molar-refractivity contribution in [2.45, 2.75) is 18.8 Å². The molecule has 2 nitrogen and oxygen atoms in total. The summed E-state index contributed by atoms with van der Waals surface area (Å²) < 4.78 is 5.09. The lowest BCUT2D eigenvalue weighted by Crippen LogP contribution is -2.06. The first kappa shape index (κ1) is 8.88. The summed E-state index contributed by atoms with van der Waals surface area (Å²) in [4.78, 5) is 10.4. The van der Waals surface area contributed by atoms with Crippen LogP contribution in [0.2, 0.25) is 0 Å². The van der Waals surface area contributed by atoms with Crippen molar-refractivity contribution in [3.05, 3.63) is 23.7 Å². The van der Waals surface area contributed by atoms with Crippen LogP contribution in [-0.2, 0) is 0 Å². The third-order valence-electron chi connectivity index (χ3n) is 2.45. The minimum absolute atomic E-state index is 0.452. The van der Waals surface area contributed by atoms with Crippen molar-refractivity contribution < 1.29 is 9.21 Å². The standard InChI is InChI=1S/C10H12O2S/c11-6-10-5-9(7-12-10)8-1-3-13-4-2-8/h5-8H,1-4H2. The van der Waals surface area contributed by atoms with E-state index in [0.717, 1.165) is 6.29 Å². The van der Waals surface area contributed by atoms with Gasteiger partial charge in [0, 0.05) is 0 Å². The molecule has 1 fully saturated rings.